The summed E-state index contributed by atoms with van der Waals surface area (Å²) >= 11 is 0. The Morgan fingerprint density at radius 1 is 1.30 bits per heavy atom. The molecule has 122 valence electrons. The number of nitrogens with one attached hydrogen (secondary N) is 1. The predicted molar refractivity (Wildman–Crippen MR) is 84.8 cm³/mol. The van der Waals surface area contributed by atoms with E-state index in [1.807, 2.05) is 24.3 Å². The van der Waals surface area contributed by atoms with E-state index in [1.54, 1.807) is 6.92 Å². The normalized spacial score (nSPS) is 15.0. The summed E-state index contributed by atoms with van der Waals surface area (Å²) in [5.74, 6) is -0.469. The number of ether oxygens (including phenoxy) is 2. The van der Waals surface area contributed by atoms with Gasteiger partial charge in [0.2, 0.25) is 0 Å². The quantitative estimate of drug-likeness (QED) is 0.829. The van der Waals surface area contributed by atoms with Crippen LogP contribution in [0.1, 0.15) is 48.7 Å². The Morgan fingerprint density at radius 3 is 2.91 bits per heavy atom. The predicted octanol–water partition coefficient (Wildman–Crippen LogP) is 3.11. The Hall–Kier alpha value is -2.21. The summed E-state index contributed by atoms with van der Waals surface area (Å²) < 4.78 is 10.9. The third kappa shape index (κ3) is 3.76. The zero-order valence-corrected chi connectivity index (χ0v) is 13.2. The van der Waals surface area contributed by atoms with Crippen molar-refractivity contribution in [2.75, 3.05) is 6.61 Å². The minimum atomic E-state index is -0.469. The number of H-pyrrole nitrogens is 1. The molecule has 1 aliphatic rings. The van der Waals surface area contributed by atoms with Crippen LogP contribution in [-0.2, 0) is 16.1 Å². The summed E-state index contributed by atoms with van der Waals surface area (Å²) in [6.45, 7) is 2.64. The molecule has 1 fully saturated rings. The standard InChI is InChI=1S/C17H21N3O3/c1-2-22-17(21)16-15(18-20-19-16)13-7-5-6-12(10-13)11-23-14-8-3-4-9-14/h5-7,10,14H,2-4,8-9,11H2,1H3,(H,18,19,20). The average Bonchev–Trinajstić information content (AvgIpc) is 3.25. The fourth-order valence-electron chi connectivity index (χ4n) is 2.85. The zero-order chi connectivity index (χ0) is 16.1. The van der Waals surface area contributed by atoms with Gasteiger partial charge in [0.25, 0.3) is 0 Å². The van der Waals surface area contributed by atoms with Crippen LogP contribution >= 0.6 is 0 Å². The number of aromatic amines is 1. The third-order valence-corrected chi connectivity index (χ3v) is 4.01. The van der Waals surface area contributed by atoms with Crippen molar-refractivity contribution in [2.24, 2.45) is 0 Å². The van der Waals surface area contributed by atoms with Crippen molar-refractivity contribution in [1.29, 1.82) is 0 Å². The van der Waals surface area contributed by atoms with Gasteiger partial charge in [0, 0.05) is 5.56 Å². The Balaban J connectivity index is 1.74. The molecule has 0 spiro atoms. The highest BCUT2D eigenvalue weighted by molar-refractivity contribution is 5.93. The SMILES string of the molecule is CCOC(=O)c1n[nH]nc1-c1cccc(COC2CCCC2)c1. The van der Waals surface area contributed by atoms with Crippen molar-refractivity contribution in [1.82, 2.24) is 15.4 Å². The van der Waals surface area contributed by atoms with E-state index in [0.717, 1.165) is 24.0 Å². The maximum absolute atomic E-state index is 11.9. The molecule has 1 aliphatic carbocycles. The molecule has 1 aromatic heterocycles. The lowest BCUT2D eigenvalue weighted by atomic mass is 10.1. The van der Waals surface area contributed by atoms with Crippen molar-refractivity contribution >= 4 is 5.97 Å². The monoisotopic (exact) mass is 315 g/mol. The van der Waals surface area contributed by atoms with Gasteiger partial charge in [-0.25, -0.2) is 4.79 Å². The first kappa shape index (κ1) is 15.7. The highest BCUT2D eigenvalue weighted by Crippen LogP contribution is 2.24. The number of nitrogens with zero attached hydrogens (tertiary/aromatic N) is 2. The zero-order valence-electron chi connectivity index (χ0n) is 13.2. The molecular formula is C17H21N3O3. The molecule has 0 radical (unpaired) electrons. The van der Waals surface area contributed by atoms with Crippen LogP contribution in [0.4, 0.5) is 0 Å². The molecule has 3 rings (SSSR count). The number of carbonyl (C=O) groups is 1. The lowest BCUT2D eigenvalue weighted by Crippen LogP contribution is -2.08. The first-order valence-electron chi connectivity index (χ1n) is 8.06. The van der Waals surface area contributed by atoms with Crippen LogP contribution in [0.15, 0.2) is 24.3 Å². The van der Waals surface area contributed by atoms with Gasteiger partial charge in [0.05, 0.1) is 19.3 Å². The molecule has 1 saturated carbocycles. The smallest absolute Gasteiger partial charge is 0.361 e. The molecule has 23 heavy (non-hydrogen) atoms. The highest BCUT2D eigenvalue weighted by atomic mass is 16.5. The Kier molecular flexibility index (Phi) is 5.02. The van der Waals surface area contributed by atoms with Gasteiger partial charge in [-0.05, 0) is 31.4 Å². The van der Waals surface area contributed by atoms with Crippen molar-refractivity contribution in [3.63, 3.8) is 0 Å². The van der Waals surface area contributed by atoms with Crippen LogP contribution in [-0.4, -0.2) is 34.1 Å². The lowest BCUT2D eigenvalue weighted by molar-refractivity contribution is 0.0457. The number of rotatable bonds is 6. The molecular weight excluding hydrogens is 294 g/mol. The Labute approximate surface area is 135 Å². The van der Waals surface area contributed by atoms with Crippen LogP contribution in [0, 0.1) is 0 Å². The number of esters is 1. The first-order valence-corrected chi connectivity index (χ1v) is 8.06. The van der Waals surface area contributed by atoms with E-state index in [9.17, 15) is 4.79 Å². The third-order valence-electron chi connectivity index (χ3n) is 4.01. The van der Waals surface area contributed by atoms with Crippen molar-refractivity contribution in [3.8, 4) is 11.3 Å². The van der Waals surface area contributed by atoms with Crippen LogP contribution in [0.3, 0.4) is 0 Å². The topological polar surface area (TPSA) is 77.1 Å². The van der Waals surface area contributed by atoms with Gasteiger partial charge in [-0.15, -0.1) is 5.10 Å². The summed E-state index contributed by atoms with van der Waals surface area (Å²) in [6.07, 6.45) is 5.19. The van der Waals surface area contributed by atoms with Gasteiger partial charge < -0.3 is 9.47 Å². The lowest BCUT2D eigenvalue weighted by Gasteiger charge is -2.11. The summed E-state index contributed by atoms with van der Waals surface area (Å²) in [6, 6.07) is 7.84. The van der Waals surface area contributed by atoms with Crippen molar-refractivity contribution < 1.29 is 14.3 Å². The maximum Gasteiger partial charge on any atom is 0.361 e. The molecule has 6 heteroatoms. The van der Waals surface area contributed by atoms with Crippen molar-refractivity contribution in [3.05, 3.63) is 35.5 Å². The van der Waals surface area contributed by atoms with Crippen LogP contribution in [0.25, 0.3) is 11.3 Å². The molecule has 0 saturated heterocycles. The van der Waals surface area contributed by atoms with E-state index in [4.69, 9.17) is 9.47 Å². The van der Waals surface area contributed by atoms with E-state index in [2.05, 4.69) is 15.4 Å². The Bertz CT molecular complexity index is 663. The van der Waals surface area contributed by atoms with Crippen LogP contribution in [0.5, 0.6) is 0 Å². The van der Waals surface area contributed by atoms with Gasteiger partial charge in [0.15, 0.2) is 5.69 Å². The molecule has 0 unspecified atom stereocenters. The fraction of sp³-hybridized carbons (Fsp3) is 0.471. The van der Waals surface area contributed by atoms with Crippen LogP contribution < -0.4 is 0 Å². The number of hydrogen-bond acceptors (Lipinski definition) is 5. The van der Waals surface area contributed by atoms with Gasteiger partial charge >= 0.3 is 5.97 Å². The molecule has 1 heterocycles. The largest absolute Gasteiger partial charge is 0.461 e. The maximum atomic E-state index is 11.9. The first-order chi connectivity index (χ1) is 11.3. The molecule has 0 atom stereocenters. The molecule has 6 nitrogen and oxygen atoms in total. The van der Waals surface area contributed by atoms with Gasteiger partial charge in [0.1, 0.15) is 5.69 Å². The molecule has 0 amide bonds. The van der Waals surface area contributed by atoms with E-state index < -0.39 is 5.97 Å². The average molecular weight is 315 g/mol. The number of benzene rings is 1. The second-order valence-corrected chi connectivity index (χ2v) is 5.66. The second-order valence-electron chi connectivity index (χ2n) is 5.66. The molecule has 0 bridgehead atoms. The molecule has 1 aromatic carbocycles. The summed E-state index contributed by atoms with van der Waals surface area (Å²) in [4.78, 5) is 11.9. The molecule has 1 N–H and O–H groups in total. The minimum absolute atomic E-state index is 0.209. The van der Waals surface area contributed by atoms with E-state index in [1.165, 1.54) is 12.8 Å². The number of carbonyl (C=O) groups excluding carboxylic acids is 1. The van der Waals surface area contributed by atoms with Gasteiger partial charge in [-0.3, -0.25) is 0 Å². The number of aromatic nitrogens is 3. The molecule has 2 aromatic rings. The summed E-state index contributed by atoms with van der Waals surface area (Å²) in [5, 5.41) is 10.5. The second kappa shape index (κ2) is 7.37. The Morgan fingerprint density at radius 2 is 2.13 bits per heavy atom. The van der Waals surface area contributed by atoms with Gasteiger partial charge in [-0.1, -0.05) is 31.0 Å². The molecule has 0 aliphatic heterocycles. The van der Waals surface area contributed by atoms with Gasteiger partial charge in [-0.2, -0.15) is 10.3 Å². The van der Waals surface area contributed by atoms with Crippen molar-refractivity contribution in [2.45, 2.75) is 45.3 Å². The highest BCUT2D eigenvalue weighted by Gasteiger charge is 2.19. The summed E-state index contributed by atoms with van der Waals surface area (Å²) in [7, 11) is 0. The van der Waals surface area contributed by atoms with Crippen LogP contribution in [0.2, 0.25) is 0 Å². The number of hydrogen-bond donors (Lipinski definition) is 1. The fourth-order valence-corrected chi connectivity index (χ4v) is 2.85. The summed E-state index contributed by atoms with van der Waals surface area (Å²) in [5.41, 5.74) is 2.61. The minimum Gasteiger partial charge on any atom is -0.461 e. The van der Waals surface area contributed by atoms with E-state index in [-0.39, 0.29) is 5.69 Å². The van der Waals surface area contributed by atoms with E-state index in [0.29, 0.717) is 25.0 Å². The van der Waals surface area contributed by atoms with E-state index >= 15 is 0 Å².